The third-order valence-electron chi connectivity index (χ3n) is 2.69. The Morgan fingerprint density at radius 3 is 2.88 bits per heavy atom. The summed E-state index contributed by atoms with van der Waals surface area (Å²) >= 11 is 1.50. The second kappa shape index (κ2) is 4.71. The third kappa shape index (κ3) is 2.12. The third-order valence-corrected chi connectivity index (χ3v) is 3.46. The fourth-order valence-corrected chi connectivity index (χ4v) is 1.86. The topological polar surface area (TPSA) is 63.8 Å². The first kappa shape index (κ1) is 11.2. The minimum absolute atomic E-state index is 0.194. The van der Waals surface area contributed by atoms with Gasteiger partial charge in [-0.1, -0.05) is 12.1 Å². The minimum atomic E-state index is 0.194. The number of nitrogens with one attached hydrogen (secondary N) is 1. The molecule has 5 nitrogen and oxygen atoms in total. The van der Waals surface area contributed by atoms with Crippen molar-refractivity contribution in [3.63, 3.8) is 0 Å². The highest BCUT2D eigenvalue weighted by molar-refractivity contribution is 7.13. The van der Waals surface area contributed by atoms with E-state index >= 15 is 0 Å². The Kier molecular flexibility index (Phi) is 3.31. The van der Waals surface area contributed by atoms with Crippen molar-refractivity contribution in [1.82, 2.24) is 20.4 Å². The smallest absolute Gasteiger partial charge is 0.231 e. The van der Waals surface area contributed by atoms with Gasteiger partial charge >= 0.3 is 0 Å². The summed E-state index contributed by atoms with van der Waals surface area (Å²) in [7, 11) is 1.92. The fourth-order valence-electron chi connectivity index (χ4n) is 1.31. The number of nitrogens with zero attached hydrogens (tertiary/aromatic N) is 3. The van der Waals surface area contributed by atoms with E-state index in [1.165, 1.54) is 11.3 Å². The normalized spacial score (nSPS) is 14.9. The first-order chi connectivity index (χ1) is 7.72. The molecule has 0 spiro atoms. The molecule has 2 aromatic rings. The molecule has 0 amide bonds. The van der Waals surface area contributed by atoms with Crippen molar-refractivity contribution < 1.29 is 4.52 Å². The molecule has 0 bridgehead atoms. The maximum atomic E-state index is 5.25. The van der Waals surface area contributed by atoms with Gasteiger partial charge in [0.25, 0.3) is 0 Å². The van der Waals surface area contributed by atoms with Crippen LogP contribution in [0.1, 0.15) is 25.7 Å². The summed E-state index contributed by atoms with van der Waals surface area (Å²) < 4.78 is 5.25. The molecular formula is C10H14N4OS. The monoisotopic (exact) mass is 238 g/mol. The first-order valence-corrected chi connectivity index (χ1v) is 6.00. The zero-order valence-corrected chi connectivity index (χ0v) is 10.3. The number of rotatable bonds is 4. The van der Waals surface area contributed by atoms with Gasteiger partial charge in [0.1, 0.15) is 0 Å². The van der Waals surface area contributed by atoms with Gasteiger partial charge in [-0.15, -0.1) is 11.3 Å². The Bertz CT molecular complexity index is 439. The second-order valence-corrected chi connectivity index (χ2v) is 4.57. The summed E-state index contributed by atoms with van der Waals surface area (Å²) in [6.45, 7) is 4.15. The Hall–Kier alpha value is -1.27. The van der Waals surface area contributed by atoms with Crippen LogP contribution in [0.25, 0.3) is 10.7 Å². The van der Waals surface area contributed by atoms with Gasteiger partial charge in [0, 0.05) is 12.2 Å². The van der Waals surface area contributed by atoms with Crippen LogP contribution in [-0.4, -0.2) is 28.2 Å². The summed E-state index contributed by atoms with van der Waals surface area (Å²) in [5.41, 5.74) is 1.75. The molecule has 0 aliphatic heterocycles. The largest absolute Gasteiger partial charge is 0.339 e. The maximum absolute atomic E-state index is 5.25. The van der Waals surface area contributed by atoms with Gasteiger partial charge in [-0.05, 0) is 14.0 Å². The van der Waals surface area contributed by atoms with E-state index in [9.17, 15) is 0 Å². The number of hydrogen-bond donors (Lipinski definition) is 1. The molecule has 0 saturated heterocycles. The van der Waals surface area contributed by atoms with E-state index in [0.717, 1.165) is 4.88 Å². The zero-order valence-electron chi connectivity index (χ0n) is 9.47. The molecule has 0 aliphatic carbocycles. The predicted molar refractivity (Wildman–Crippen MR) is 62.3 cm³/mol. The molecule has 2 heterocycles. The van der Waals surface area contributed by atoms with Crippen molar-refractivity contribution in [2.45, 2.75) is 25.8 Å². The Morgan fingerprint density at radius 1 is 1.44 bits per heavy atom. The van der Waals surface area contributed by atoms with Crippen LogP contribution >= 0.6 is 11.3 Å². The highest BCUT2D eigenvalue weighted by Crippen LogP contribution is 2.23. The highest BCUT2D eigenvalue weighted by Gasteiger charge is 2.20. The van der Waals surface area contributed by atoms with E-state index in [2.05, 4.69) is 34.3 Å². The van der Waals surface area contributed by atoms with Crippen LogP contribution < -0.4 is 5.32 Å². The maximum Gasteiger partial charge on any atom is 0.231 e. The number of aromatic nitrogens is 3. The van der Waals surface area contributed by atoms with Crippen LogP contribution in [0.4, 0.5) is 0 Å². The second-order valence-electron chi connectivity index (χ2n) is 3.69. The van der Waals surface area contributed by atoms with Gasteiger partial charge in [-0.3, -0.25) is 4.98 Å². The zero-order chi connectivity index (χ0) is 11.5. The summed E-state index contributed by atoms with van der Waals surface area (Å²) in [5.74, 6) is 1.47. The lowest BCUT2D eigenvalue weighted by Gasteiger charge is -2.14. The van der Waals surface area contributed by atoms with E-state index in [1.54, 1.807) is 11.7 Å². The van der Waals surface area contributed by atoms with Crippen molar-refractivity contribution in [3.05, 3.63) is 17.6 Å². The summed E-state index contributed by atoms with van der Waals surface area (Å²) in [6, 6.07) is 0.301. The van der Waals surface area contributed by atoms with Crippen molar-refractivity contribution in [2.24, 2.45) is 0 Å². The van der Waals surface area contributed by atoms with Crippen LogP contribution in [0.15, 0.2) is 16.2 Å². The average molecular weight is 238 g/mol. The highest BCUT2D eigenvalue weighted by atomic mass is 32.1. The van der Waals surface area contributed by atoms with Gasteiger partial charge in [0.05, 0.1) is 16.3 Å². The quantitative estimate of drug-likeness (QED) is 0.881. The molecule has 2 aromatic heterocycles. The summed E-state index contributed by atoms with van der Waals surface area (Å²) in [6.07, 6.45) is 1.74. The van der Waals surface area contributed by atoms with Gasteiger partial charge in [0.2, 0.25) is 11.7 Å². The van der Waals surface area contributed by atoms with E-state index in [-0.39, 0.29) is 5.92 Å². The van der Waals surface area contributed by atoms with E-state index in [4.69, 9.17) is 4.52 Å². The molecule has 0 saturated carbocycles. The molecule has 86 valence electrons. The lowest BCUT2D eigenvalue weighted by Crippen LogP contribution is -2.27. The van der Waals surface area contributed by atoms with Crippen molar-refractivity contribution >= 4 is 11.3 Å². The molecular weight excluding hydrogens is 224 g/mol. The minimum Gasteiger partial charge on any atom is -0.339 e. The average Bonchev–Trinajstić information content (AvgIpc) is 2.96. The van der Waals surface area contributed by atoms with Crippen molar-refractivity contribution in [2.75, 3.05) is 7.05 Å². The molecule has 2 unspecified atom stereocenters. The molecule has 2 atom stereocenters. The fraction of sp³-hybridized carbons (Fsp3) is 0.500. The van der Waals surface area contributed by atoms with Crippen LogP contribution in [-0.2, 0) is 0 Å². The standard InChI is InChI=1S/C10H14N4OS/c1-6(7(2)11-3)10-13-9(14-15-10)8-4-12-5-16-8/h4-7,11H,1-3H3. The number of likely N-dealkylation sites (N-methyl/N-ethyl adjacent to an activating group) is 1. The molecule has 16 heavy (non-hydrogen) atoms. The van der Waals surface area contributed by atoms with E-state index < -0.39 is 0 Å². The van der Waals surface area contributed by atoms with E-state index in [0.29, 0.717) is 17.8 Å². The molecule has 1 N–H and O–H groups in total. The van der Waals surface area contributed by atoms with Crippen LogP contribution in [0.2, 0.25) is 0 Å². The van der Waals surface area contributed by atoms with Crippen molar-refractivity contribution in [3.8, 4) is 10.7 Å². The molecule has 6 heteroatoms. The van der Waals surface area contributed by atoms with Crippen LogP contribution in [0.3, 0.4) is 0 Å². The lowest BCUT2D eigenvalue weighted by atomic mass is 10.0. The molecule has 0 fully saturated rings. The van der Waals surface area contributed by atoms with Gasteiger partial charge in [-0.2, -0.15) is 4.98 Å². The summed E-state index contributed by atoms with van der Waals surface area (Å²) in [4.78, 5) is 9.29. The van der Waals surface area contributed by atoms with E-state index in [1.807, 2.05) is 7.05 Å². The Morgan fingerprint density at radius 2 is 2.25 bits per heavy atom. The number of thiazole rings is 1. The lowest BCUT2D eigenvalue weighted by molar-refractivity contribution is 0.336. The first-order valence-electron chi connectivity index (χ1n) is 5.12. The Balaban J connectivity index is 2.20. The molecule has 0 aromatic carbocycles. The molecule has 0 radical (unpaired) electrons. The van der Waals surface area contributed by atoms with Gasteiger partial charge in [0.15, 0.2) is 0 Å². The van der Waals surface area contributed by atoms with Crippen molar-refractivity contribution in [1.29, 1.82) is 0 Å². The van der Waals surface area contributed by atoms with Crippen LogP contribution in [0, 0.1) is 0 Å². The molecule has 2 rings (SSSR count). The van der Waals surface area contributed by atoms with Gasteiger partial charge < -0.3 is 9.84 Å². The predicted octanol–water partition coefficient (Wildman–Crippen LogP) is 1.90. The number of hydrogen-bond acceptors (Lipinski definition) is 6. The SMILES string of the molecule is CNC(C)C(C)c1nc(-c2cncs2)no1. The van der Waals surface area contributed by atoms with Gasteiger partial charge in [-0.25, -0.2) is 0 Å². The molecule has 0 aliphatic rings. The summed E-state index contributed by atoms with van der Waals surface area (Å²) in [5, 5.41) is 7.12. The van der Waals surface area contributed by atoms with Crippen LogP contribution in [0.5, 0.6) is 0 Å². The Labute approximate surface area is 97.9 Å².